The molecule has 3 N–H and O–H groups in total. The fraction of sp³-hybridized carbons (Fsp3) is 0.667. The molecule has 0 aromatic carbocycles. The van der Waals surface area contributed by atoms with Crippen molar-refractivity contribution in [2.45, 2.75) is 38.6 Å². The van der Waals surface area contributed by atoms with E-state index in [0.29, 0.717) is 18.2 Å². The smallest absolute Gasteiger partial charge is 0.226 e. The molecule has 5 heteroatoms. The largest absolute Gasteiger partial charge is 0.361 e. The molecule has 0 aliphatic heterocycles. The highest BCUT2D eigenvalue weighted by molar-refractivity contribution is 5.78. The second kappa shape index (κ2) is 5.31. The molecule has 1 saturated carbocycles. The number of nitrogens with zero attached hydrogens (tertiary/aromatic N) is 1. The lowest BCUT2D eigenvalue weighted by molar-refractivity contribution is -0.121. The van der Waals surface area contributed by atoms with E-state index in [9.17, 15) is 4.79 Å². The summed E-state index contributed by atoms with van der Waals surface area (Å²) in [6.45, 7) is 2.46. The third-order valence-electron chi connectivity index (χ3n) is 3.33. The van der Waals surface area contributed by atoms with Gasteiger partial charge >= 0.3 is 0 Å². The lowest BCUT2D eigenvalue weighted by atomic mass is 10.0. The molecule has 0 spiro atoms. The standard InChI is InChI=1S/C12H19N3O2/c1-8-5-10(15-17-8)6-12(16)14-11-4-2-3-9(11)7-13/h5,9,11H,2-4,6-7,13H2,1H3,(H,14,16). The summed E-state index contributed by atoms with van der Waals surface area (Å²) in [5.41, 5.74) is 6.36. The third kappa shape index (κ3) is 3.06. The Labute approximate surface area is 101 Å². The van der Waals surface area contributed by atoms with Gasteiger partial charge in [0.1, 0.15) is 5.76 Å². The number of rotatable bonds is 4. The maximum Gasteiger partial charge on any atom is 0.226 e. The number of carbonyl (C=O) groups is 1. The molecule has 1 aliphatic rings. The van der Waals surface area contributed by atoms with Crippen LogP contribution >= 0.6 is 0 Å². The van der Waals surface area contributed by atoms with Gasteiger partial charge in [-0.05, 0) is 32.2 Å². The van der Waals surface area contributed by atoms with Crippen LogP contribution in [0.4, 0.5) is 0 Å². The molecular weight excluding hydrogens is 218 g/mol. The minimum absolute atomic E-state index is 0.00338. The molecule has 5 nitrogen and oxygen atoms in total. The van der Waals surface area contributed by atoms with E-state index in [0.717, 1.165) is 25.0 Å². The Morgan fingerprint density at radius 2 is 2.47 bits per heavy atom. The van der Waals surface area contributed by atoms with Gasteiger partial charge in [0.25, 0.3) is 0 Å². The van der Waals surface area contributed by atoms with Gasteiger partial charge in [0, 0.05) is 12.1 Å². The van der Waals surface area contributed by atoms with Gasteiger partial charge in [-0.15, -0.1) is 0 Å². The number of hydrogen-bond donors (Lipinski definition) is 2. The number of nitrogens with two attached hydrogens (primary N) is 1. The molecule has 17 heavy (non-hydrogen) atoms. The monoisotopic (exact) mass is 237 g/mol. The lowest BCUT2D eigenvalue weighted by Crippen LogP contribution is -2.40. The quantitative estimate of drug-likeness (QED) is 0.810. The average Bonchev–Trinajstić information content (AvgIpc) is 2.87. The predicted molar refractivity (Wildman–Crippen MR) is 63.3 cm³/mol. The first-order valence-corrected chi connectivity index (χ1v) is 6.10. The molecule has 94 valence electrons. The van der Waals surface area contributed by atoms with Crippen molar-refractivity contribution in [1.29, 1.82) is 0 Å². The molecule has 1 aromatic heterocycles. The van der Waals surface area contributed by atoms with E-state index in [1.165, 1.54) is 0 Å². The van der Waals surface area contributed by atoms with Gasteiger partial charge in [-0.1, -0.05) is 11.6 Å². The molecule has 1 aromatic rings. The zero-order chi connectivity index (χ0) is 12.3. The van der Waals surface area contributed by atoms with Crippen molar-refractivity contribution in [3.05, 3.63) is 17.5 Å². The van der Waals surface area contributed by atoms with Gasteiger partial charge in [0.2, 0.25) is 5.91 Å². The second-order valence-electron chi connectivity index (χ2n) is 4.71. The van der Waals surface area contributed by atoms with Gasteiger partial charge in [-0.25, -0.2) is 0 Å². The van der Waals surface area contributed by atoms with Crippen molar-refractivity contribution in [1.82, 2.24) is 10.5 Å². The third-order valence-corrected chi connectivity index (χ3v) is 3.33. The van der Waals surface area contributed by atoms with Crippen LogP contribution in [0.25, 0.3) is 0 Å². The molecule has 0 radical (unpaired) electrons. The minimum atomic E-state index is 0.00338. The van der Waals surface area contributed by atoms with Gasteiger partial charge in [-0.2, -0.15) is 0 Å². The highest BCUT2D eigenvalue weighted by atomic mass is 16.5. The first-order chi connectivity index (χ1) is 8.19. The molecule has 1 aliphatic carbocycles. The highest BCUT2D eigenvalue weighted by Crippen LogP contribution is 2.24. The van der Waals surface area contributed by atoms with Crippen LogP contribution in [0.2, 0.25) is 0 Å². The Morgan fingerprint density at radius 3 is 3.12 bits per heavy atom. The van der Waals surface area contributed by atoms with E-state index in [4.69, 9.17) is 10.3 Å². The number of hydrogen-bond acceptors (Lipinski definition) is 4. The molecule has 2 unspecified atom stereocenters. The predicted octanol–water partition coefficient (Wildman–Crippen LogP) is 0.769. The summed E-state index contributed by atoms with van der Waals surface area (Å²) >= 11 is 0. The summed E-state index contributed by atoms with van der Waals surface area (Å²) in [4.78, 5) is 11.8. The van der Waals surface area contributed by atoms with E-state index >= 15 is 0 Å². The summed E-state index contributed by atoms with van der Waals surface area (Å²) in [5, 5.41) is 6.85. The van der Waals surface area contributed by atoms with Crippen LogP contribution in [0.1, 0.15) is 30.7 Å². The first-order valence-electron chi connectivity index (χ1n) is 6.10. The second-order valence-corrected chi connectivity index (χ2v) is 4.71. The zero-order valence-corrected chi connectivity index (χ0v) is 10.1. The van der Waals surface area contributed by atoms with Crippen molar-refractivity contribution in [2.24, 2.45) is 11.7 Å². The van der Waals surface area contributed by atoms with Crippen molar-refractivity contribution in [2.75, 3.05) is 6.54 Å². The Morgan fingerprint density at radius 1 is 1.65 bits per heavy atom. The van der Waals surface area contributed by atoms with Gasteiger partial charge in [-0.3, -0.25) is 4.79 Å². The first kappa shape index (κ1) is 12.1. The zero-order valence-electron chi connectivity index (χ0n) is 10.1. The van der Waals surface area contributed by atoms with Crippen LogP contribution in [0, 0.1) is 12.8 Å². The SMILES string of the molecule is Cc1cc(CC(=O)NC2CCCC2CN)no1. The highest BCUT2D eigenvalue weighted by Gasteiger charge is 2.27. The lowest BCUT2D eigenvalue weighted by Gasteiger charge is -2.19. The molecule has 2 atom stereocenters. The maximum absolute atomic E-state index is 11.8. The summed E-state index contributed by atoms with van der Waals surface area (Å²) in [6, 6.07) is 2.02. The number of nitrogens with one attached hydrogen (secondary N) is 1. The fourth-order valence-corrected chi connectivity index (χ4v) is 2.43. The van der Waals surface area contributed by atoms with Crippen molar-refractivity contribution in [3.8, 4) is 0 Å². The Bertz CT molecular complexity index is 389. The summed E-state index contributed by atoms with van der Waals surface area (Å²) in [5.74, 6) is 1.16. The van der Waals surface area contributed by atoms with E-state index in [1.54, 1.807) is 6.07 Å². The van der Waals surface area contributed by atoms with E-state index in [1.807, 2.05) is 6.92 Å². The number of carbonyl (C=O) groups excluding carboxylic acids is 1. The van der Waals surface area contributed by atoms with Crippen molar-refractivity contribution >= 4 is 5.91 Å². The van der Waals surface area contributed by atoms with E-state index < -0.39 is 0 Å². The Kier molecular flexibility index (Phi) is 3.78. The van der Waals surface area contributed by atoms with Gasteiger partial charge in [0.15, 0.2) is 0 Å². The van der Waals surface area contributed by atoms with Crippen LogP contribution < -0.4 is 11.1 Å². The summed E-state index contributed by atoms with van der Waals surface area (Å²) in [7, 11) is 0. The molecule has 0 bridgehead atoms. The molecule has 1 heterocycles. The summed E-state index contributed by atoms with van der Waals surface area (Å²) < 4.78 is 4.93. The van der Waals surface area contributed by atoms with Crippen LogP contribution in [0.5, 0.6) is 0 Å². The normalized spacial score (nSPS) is 23.9. The van der Waals surface area contributed by atoms with Crippen LogP contribution in [-0.2, 0) is 11.2 Å². The molecular formula is C12H19N3O2. The molecule has 0 saturated heterocycles. The molecule has 1 fully saturated rings. The number of aromatic nitrogens is 1. The van der Waals surface area contributed by atoms with E-state index in [-0.39, 0.29) is 18.4 Å². The molecule has 2 rings (SSSR count). The Balaban J connectivity index is 1.85. The topological polar surface area (TPSA) is 81.2 Å². The fourth-order valence-electron chi connectivity index (χ4n) is 2.43. The number of amides is 1. The van der Waals surface area contributed by atoms with Crippen molar-refractivity contribution < 1.29 is 9.32 Å². The van der Waals surface area contributed by atoms with Gasteiger partial charge in [0.05, 0.1) is 12.1 Å². The van der Waals surface area contributed by atoms with Crippen LogP contribution in [0.15, 0.2) is 10.6 Å². The Hall–Kier alpha value is -1.36. The average molecular weight is 237 g/mol. The molecule has 1 amide bonds. The van der Waals surface area contributed by atoms with E-state index in [2.05, 4.69) is 10.5 Å². The minimum Gasteiger partial charge on any atom is -0.361 e. The number of aryl methyl sites for hydroxylation is 1. The van der Waals surface area contributed by atoms with Crippen LogP contribution in [-0.4, -0.2) is 23.7 Å². The van der Waals surface area contributed by atoms with Gasteiger partial charge < -0.3 is 15.6 Å². The van der Waals surface area contributed by atoms with Crippen LogP contribution in [0.3, 0.4) is 0 Å². The maximum atomic E-state index is 11.8. The summed E-state index contributed by atoms with van der Waals surface area (Å²) in [6.07, 6.45) is 3.58. The van der Waals surface area contributed by atoms with Crippen molar-refractivity contribution in [3.63, 3.8) is 0 Å².